The highest BCUT2D eigenvalue weighted by Gasteiger charge is 2.09. The van der Waals surface area contributed by atoms with Crippen molar-refractivity contribution in [3.63, 3.8) is 0 Å². The molecule has 0 bridgehead atoms. The molecule has 0 radical (unpaired) electrons. The predicted molar refractivity (Wildman–Crippen MR) is 64.2 cm³/mol. The van der Waals surface area contributed by atoms with Gasteiger partial charge in [0.1, 0.15) is 0 Å². The molecule has 6 heteroatoms. The number of nitrogens with one attached hydrogen (secondary N) is 1. The SMILES string of the molecule is CCOC(CNCCS(=O)(=O)CC)OCC. The van der Waals surface area contributed by atoms with Gasteiger partial charge < -0.3 is 14.8 Å². The number of sulfone groups is 1. The van der Waals surface area contributed by atoms with E-state index in [1.54, 1.807) is 6.92 Å². The van der Waals surface area contributed by atoms with Crippen LogP contribution in [0, 0.1) is 0 Å². The summed E-state index contributed by atoms with van der Waals surface area (Å²) in [5.41, 5.74) is 0. The van der Waals surface area contributed by atoms with Crippen molar-refractivity contribution in [2.75, 3.05) is 37.8 Å². The lowest BCUT2D eigenvalue weighted by Crippen LogP contribution is -2.34. The molecule has 1 N–H and O–H groups in total. The Labute approximate surface area is 98.4 Å². The summed E-state index contributed by atoms with van der Waals surface area (Å²) in [4.78, 5) is 0. The van der Waals surface area contributed by atoms with Crippen LogP contribution in [0.1, 0.15) is 20.8 Å². The first-order valence-electron chi connectivity index (χ1n) is 5.70. The molecule has 0 aliphatic rings. The molecule has 0 aromatic heterocycles. The lowest BCUT2D eigenvalue weighted by atomic mass is 10.5. The van der Waals surface area contributed by atoms with Gasteiger partial charge in [0.25, 0.3) is 0 Å². The molecule has 98 valence electrons. The summed E-state index contributed by atoms with van der Waals surface area (Å²) in [5, 5.41) is 3.02. The Bertz CT molecular complexity index is 248. The van der Waals surface area contributed by atoms with Crippen LogP contribution in [0.3, 0.4) is 0 Å². The molecule has 0 aromatic carbocycles. The normalized spacial score (nSPS) is 12.2. The van der Waals surface area contributed by atoms with Gasteiger partial charge in [-0.15, -0.1) is 0 Å². The first-order valence-corrected chi connectivity index (χ1v) is 7.52. The molecule has 16 heavy (non-hydrogen) atoms. The third kappa shape index (κ3) is 8.04. The zero-order valence-corrected chi connectivity index (χ0v) is 11.2. The largest absolute Gasteiger partial charge is 0.352 e. The van der Waals surface area contributed by atoms with Crippen LogP contribution in [0.4, 0.5) is 0 Å². The molecule has 0 heterocycles. The fraction of sp³-hybridized carbons (Fsp3) is 1.00. The minimum atomic E-state index is -2.89. The van der Waals surface area contributed by atoms with E-state index >= 15 is 0 Å². The summed E-state index contributed by atoms with van der Waals surface area (Å²) in [6.45, 7) is 7.56. The first-order chi connectivity index (χ1) is 7.55. The molecule has 0 rings (SSSR count). The summed E-state index contributed by atoms with van der Waals surface area (Å²) >= 11 is 0. The standard InChI is InChI=1S/C10H23NO4S/c1-4-14-10(15-5-2)9-11-7-8-16(12,13)6-3/h10-11H,4-9H2,1-3H3. The molecular formula is C10H23NO4S. The molecule has 0 spiro atoms. The van der Waals surface area contributed by atoms with E-state index in [0.717, 1.165) is 0 Å². The molecule has 0 amide bonds. The van der Waals surface area contributed by atoms with Crippen molar-refractivity contribution in [2.24, 2.45) is 0 Å². The van der Waals surface area contributed by atoms with Gasteiger partial charge in [0.05, 0.1) is 5.75 Å². The van der Waals surface area contributed by atoms with Crippen molar-refractivity contribution < 1.29 is 17.9 Å². The smallest absolute Gasteiger partial charge is 0.169 e. The van der Waals surface area contributed by atoms with Gasteiger partial charge in [-0.05, 0) is 13.8 Å². The van der Waals surface area contributed by atoms with Gasteiger partial charge in [0.15, 0.2) is 16.1 Å². The zero-order chi connectivity index (χ0) is 12.4. The number of hydrogen-bond acceptors (Lipinski definition) is 5. The van der Waals surface area contributed by atoms with Crippen LogP contribution in [0.2, 0.25) is 0 Å². The van der Waals surface area contributed by atoms with E-state index in [4.69, 9.17) is 9.47 Å². The van der Waals surface area contributed by atoms with E-state index in [-0.39, 0.29) is 17.8 Å². The maximum Gasteiger partial charge on any atom is 0.169 e. The van der Waals surface area contributed by atoms with E-state index in [0.29, 0.717) is 26.3 Å². The molecule has 0 saturated carbocycles. The highest BCUT2D eigenvalue weighted by Crippen LogP contribution is 1.93. The highest BCUT2D eigenvalue weighted by atomic mass is 32.2. The van der Waals surface area contributed by atoms with Crippen molar-refractivity contribution in [1.29, 1.82) is 0 Å². The van der Waals surface area contributed by atoms with Crippen molar-refractivity contribution in [3.05, 3.63) is 0 Å². The number of rotatable bonds is 10. The molecule has 0 atom stereocenters. The summed E-state index contributed by atoms with van der Waals surface area (Å²) in [5.74, 6) is 0.351. The first kappa shape index (κ1) is 15.8. The van der Waals surface area contributed by atoms with Crippen molar-refractivity contribution in [2.45, 2.75) is 27.1 Å². The Kier molecular flexibility index (Phi) is 8.83. The minimum Gasteiger partial charge on any atom is -0.352 e. The monoisotopic (exact) mass is 253 g/mol. The van der Waals surface area contributed by atoms with Crippen LogP contribution < -0.4 is 5.32 Å². The Morgan fingerprint density at radius 2 is 1.69 bits per heavy atom. The van der Waals surface area contributed by atoms with E-state index in [2.05, 4.69) is 5.32 Å². The average molecular weight is 253 g/mol. The number of hydrogen-bond donors (Lipinski definition) is 1. The lowest BCUT2D eigenvalue weighted by molar-refractivity contribution is -0.132. The second kappa shape index (κ2) is 8.92. The van der Waals surface area contributed by atoms with Crippen molar-refractivity contribution in [3.8, 4) is 0 Å². The van der Waals surface area contributed by atoms with Crippen LogP contribution in [-0.2, 0) is 19.3 Å². The molecule has 0 aliphatic carbocycles. The Morgan fingerprint density at radius 3 is 2.12 bits per heavy atom. The molecule has 0 aromatic rings. The fourth-order valence-corrected chi connectivity index (χ4v) is 1.87. The Hall–Kier alpha value is -0.170. The molecule has 0 saturated heterocycles. The third-order valence-corrected chi connectivity index (χ3v) is 3.75. The van der Waals surface area contributed by atoms with Crippen molar-refractivity contribution >= 4 is 9.84 Å². The summed E-state index contributed by atoms with van der Waals surface area (Å²) in [6.07, 6.45) is -0.292. The zero-order valence-electron chi connectivity index (χ0n) is 10.4. The molecule has 0 unspecified atom stereocenters. The van der Waals surface area contributed by atoms with Crippen LogP contribution in [0.25, 0.3) is 0 Å². The van der Waals surface area contributed by atoms with Gasteiger partial charge in [-0.25, -0.2) is 8.42 Å². The quantitative estimate of drug-likeness (QED) is 0.451. The minimum absolute atomic E-state index is 0.161. The maximum atomic E-state index is 11.2. The predicted octanol–water partition coefficient (Wildman–Crippen LogP) is 0.410. The maximum absolute atomic E-state index is 11.2. The van der Waals surface area contributed by atoms with Crippen LogP contribution in [0.5, 0.6) is 0 Å². The summed E-state index contributed by atoms with van der Waals surface area (Å²) in [6, 6.07) is 0. The van der Waals surface area contributed by atoms with E-state index in [9.17, 15) is 8.42 Å². The second-order valence-electron chi connectivity index (χ2n) is 3.28. The van der Waals surface area contributed by atoms with Gasteiger partial charge in [0, 0.05) is 32.1 Å². The lowest BCUT2D eigenvalue weighted by Gasteiger charge is -2.17. The summed E-state index contributed by atoms with van der Waals surface area (Å²) < 4.78 is 33.0. The second-order valence-corrected chi connectivity index (χ2v) is 5.75. The van der Waals surface area contributed by atoms with E-state index < -0.39 is 9.84 Å². The highest BCUT2D eigenvalue weighted by molar-refractivity contribution is 7.91. The fourth-order valence-electron chi connectivity index (χ4n) is 1.13. The van der Waals surface area contributed by atoms with Crippen molar-refractivity contribution in [1.82, 2.24) is 5.32 Å². The molecule has 5 nitrogen and oxygen atoms in total. The van der Waals surface area contributed by atoms with Gasteiger partial charge in [0.2, 0.25) is 0 Å². The average Bonchev–Trinajstić information content (AvgIpc) is 2.25. The van der Waals surface area contributed by atoms with Crippen LogP contribution in [0.15, 0.2) is 0 Å². The third-order valence-electron chi connectivity index (χ3n) is 2.05. The molecule has 0 aliphatic heterocycles. The molecular weight excluding hydrogens is 230 g/mol. The Morgan fingerprint density at radius 1 is 1.12 bits per heavy atom. The van der Waals surface area contributed by atoms with Gasteiger partial charge >= 0.3 is 0 Å². The van der Waals surface area contributed by atoms with Crippen LogP contribution in [-0.4, -0.2) is 52.5 Å². The van der Waals surface area contributed by atoms with Gasteiger partial charge in [-0.3, -0.25) is 0 Å². The Balaban J connectivity index is 3.69. The van der Waals surface area contributed by atoms with Gasteiger partial charge in [-0.2, -0.15) is 0 Å². The topological polar surface area (TPSA) is 64.6 Å². The van der Waals surface area contributed by atoms with E-state index in [1.165, 1.54) is 0 Å². The molecule has 0 fully saturated rings. The van der Waals surface area contributed by atoms with Crippen LogP contribution >= 0.6 is 0 Å². The van der Waals surface area contributed by atoms with E-state index in [1.807, 2.05) is 13.8 Å². The number of ether oxygens (including phenoxy) is 2. The van der Waals surface area contributed by atoms with Gasteiger partial charge in [-0.1, -0.05) is 6.92 Å². The summed E-state index contributed by atoms with van der Waals surface area (Å²) in [7, 11) is -2.89.